The number of rotatable bonds is 40. The maximum Gasteiger partial charge on any atom is 0.271 e. The SMILES string of the molecule is CC(=O)c1ccc(CC(=O)[C@H](Cc2nn(C)c3ccccc23)NC(=O)/C=C/c2cc(Cl)ccc2-n2cnnn2)cc1.Cc1cc(C(=O)N[C@@H](Cc2ccccc2)C(=O)CCCc2cc(Cl)ccc2-n2cnnn2)ccn1.Cc1nc(C(=O)N[C@@H](Cc2ccccc2)C(=O)CCCc2cc(Cl)ccc2-n2cnnn2)cs1.Cc1ncc(C(=O)N[C@@H](Cc2ccccc2)C(=O)CCCc2cc(Cl)ccc2-n2cnnn2)s1. The van der Waals surface area contributed by atoms with Gasteiger partial charge in [-0.2, -0.15) is 9.78 Å². The predicted octanol–water partition coefficient (Wildman–Crippen LogP) is 15.9. The standard InChI is InChI=1S/C30H26ClN7O3.C26H25ClN6O2.2C24H23ClN6O2S/c1-19(39)21-9-7-20(8-10-21)15-29(40)26(17-25-24-5-3-4-6-28(24)37(2)34-25)33-30(41)14-11-22-16-23(31)12-13-27(22)38-18-32-35-36-38;1-18-14-21(12-13-28-18)26(35)30-23(15-19-6-3-2-4-7-19)25(34)9-5-8-20-16-22(27)10-11-24(20)33-17-29-31-32-33;1-16-27-21(14-34-16)24(33)28-20(12-17-6-3-2-4-7-17)23(32)9-5-8-18-13-19(25)10-11-22(18)31-15-26-29-30-31;1-16-26-14-23(34-16)24(33)28-20(12-17-6-3-2-4-7-17)22(32)9-5-8-18-13-19(25)10-11-21(18)31-15-27-29-30-31/h3-14,16,18,26H,15,17H2,1-2H3,(H,33,41);2-4,6-7,10-14,16-17,23H,5,8-9,15H2,1H3,(H,30,35);2*2-4,6-7,10-11,13-15,20H,5,8-9,12H2,1H3,(H,28,33)/b14-11+;;;/t26-;23-;2*20-/m0000/s1. The van der Waals surface area contributed by atoms with Crippen molar-refractivity contribution in [2.45, 2.75) is 142 Å². The van der Waals surface area contributed by atoms with E-state index in [4.69, 9.17) is 46.4 Å². The van der Waals surface area contributed by atoms with Crippen molar-refractivity contribution in [1.29, 1.82) is 0 Å². The zero-order valence-corrected chi connectivity index (χ0v) is 83.3. The molecule has 0 aliphatic heterocycles. The van der Waals surface area contributed by atoms with E-state index in [-0.39, 0.29) is 59.5 Å². The van der Waals surface area contributed by atoms with Crippen molar-refractivity contribution < 1.29 is 43.2 Å². The second-order valence-corrected chi connectivity index (χ2v) is 37.5. The number of carbonyl (C=O) groups excluding carboxylic acids is 9. The molecule has 0 aliphatic rings. The molecule has 40 heteroatoms. The highest BCUT2D eigenvalue weighted by atomic mass is 35.5. The summed E-state index contributed by atoms with van der Waals surface area (Å²) < 4.78 is 7.94. The summed E-state index contributed by atoms with van der Waals surface area (Å²) in [5, 5.41) is 68.0. The molecular formula is C104H97Cl4N25O9S2. The summed E-state index contributed by atoms with van der Waals surface area (Å²) in [5.41, 5.74) is 13.9. The number of fused-ring (bicyclic) bond motifs is 1. The van der Waals surface area contributed by atoms with Crippen LogP contribution in [0.1, 0.15) is 152 Å². The number of aryl methyl sites for hydroxylation is 7. The van der Waals surface area contributed by atoms with Crippen molar-refractivity contribution in [2.24, 2.45) is 7.05 Å². The Morgan fingerprint density at radius 3 is 1.30 bits per heavy atom. The highest BCUT2D eigenvalue weighted by Gasteiger charge is 2.29. The number of hydrogen-bond acceptors (Lipinski definition) is 27. The van der Waals surface area contributed by atoms with Crippen LogP contribution in [0.3, 0.4) is 0 Å². The molecule has 0 saturated carbocycles. The Morgan fingerprint density at radius 1 is 0.424 bits per heavy atom. The van der Waals surface area contributed by atoms with Crippen LogP contribution in [-0.2, 0) is 82.4 Å². The fourth-order valence-electron chi connectivity index (χ4n) is 15.8. The average Bonchev–Trinajstić information content (AvgIpc) is 1.65. The molecule has 0 bridgehead atoms. The summed E-state index contributed by atoms with van der Waals surface area (Å²) >= 11 is 27.5. The monoisotopic (exact) mass is 2040 g/mol. The van der Waals surface area contributed by atoms with E-state index in [0.717, 1.165) is 82.6 Å². The van der Waals surface area contributed by atoms with E-state index < -0.39 is 30.1 Å². The largest absolute Gasteiger partial charge is 0.342 e. The summed E-state index contributed by atoms with van der Waals surface area (Å²) in [6.07, 6.45) is 18.1. The first-order valence-electron chi connectivity index (χ1n) is 45.8. The molecular weight excluding hydrogens is 1950 g/mol. The van der Waals surface area contributed by atoms with E-state index in [2.05, 4.69) is 103 Å². The number of para-hydroxylation sites is 1. The topological polar surface area (TPSA) is 433 Å². The number of benzene rings is 9. The van der Waals surface area contributed by atoms with Crippen LogP contribution < -0.4 is 21.3 Å². The van der Waals surface area contributed by atoms with E-state index in [1.807, 2.05) is 179 Å². The Morgan fingerprint density at radius 2 is 0.861 bits per heavy atom. The molecule has 0 unspecified atom stereocenters. The third-order valence-corrected chi connectivity index (χ3v) is 25.6. The van der Waals surface area contributed by atoms with Crippen molar-refractivity contribution in [3.63, 3.8) is 0 Å². The number of nitrogens with zero attached hydrogens (tertiary/aromatic N) is 21. The molecule has 4 atom stereocenters. The number of amides is 4. The minimum Gasteiger partial charge on any atom is -0.342 e. The third kappa shape index (κ3) is 30.2. The van der Waals surface area contributed by atoms with Gasteiger partial charge in [-0.25, -0.2) is 24.0 Å². The first kappa shape index (κ1) is 104. The molecule has 4 N–H and O–H groups in total. The Hall–Kier alpha value is -15.7. The lowest BCUT2D eigenvalue weighted by Gasteiger charge is -2.18. The maximum absolute atomic E-state index is 13.6. The number of nitrogens with one attached hydrogen (secondary N) is 4. The van der Waals surface area contributed by atoms with Gasteiger partial charge in [-0.15, -0.1) is 43.1 Å². The fraction of sp³-hybridized carbons (Fsp3) is 0.221. The number of pyridine rings is 1. The number of tetrazole rings is 4. The van der Waals surface area contributed by atoms with Gasteiger partial charge < -0.3 is 21.3 Å². The second kappa shape index (κ2) is 51.6. The van der Waals surface area contributed by atoms with Crippen LogP contribution in [0.2, 0.25) is 20.1 Å². The summed E-state index contributed by atoms with van der Waals surface area (Å²) in [6, 6.07) is 65.8. The lowest BCUT2D eigenvalue weighted by atomic mass is 9.97. The van der Waals surface area contributed by atoms with Crippen molar-refractivity contribution in [3.05, 3.63) is 381 Å². The van der Waals surface area contributed by atoms with Gasteiger partial charge in [0.2, 0.25) is 5.91 Å². The quantitative estimate of drug-likeness (QED) is 0.0205. The van der Waals surface area contributed by atoms with Crippen molar-refractivity contribution >= 4 is 139 Å². The Labute approximate surface area is 855 Å². The Kier molecular flexibility index (Phi) is 37.3. The summed E-state index contributed by atoms with van der Waals surface area (Å²) in [6.45, 7) is 7.00. The number of Topliss-reactive ketones (excluding diaryl/α,β-unsaturated/α-hetero) is 5. The molecule has 0 saturated heterocycles. The highest BCUT2D eigenvalue weighted by Crippen LogP contribution is 2.29. The van der Waals surface area contributed by atoms with Gasteiger partial charge in [0.05, 0.1) is 74.3 Å². The van der Waals surface area contributed by atoms with Crippen LogP contribution >= 0.6 is 69.1 Å². The van der Waals surface area contributed by atoms with E-state index in [9.17, 15) is 43.2 Å². The molecule has 4 amide bonds. The predicted molar refractivity (Wildman–Crippen MR) is 548 cm³/mol. The van der Waals surface area contributed by atoms with Crippen LogP contribution in [0.15, 0.2) is 274 Å². The van der Waals surface area contributed by atoms with Gasteiger partial charge in [0.1, 0.15) is 35.9 Å². The Bertz CT molecular complexity index is 7090. The summed E-state index contributed by atoms with van der Waals surface area (Å²) in [7, 11) is 1.84. The number of carbonyl (C=O) groups is 9. The molecule has 0 spiro atoms. The lowest BCUT2D eigenvalue weighted by Crippen LogP contribution is -2.42. The molecule has 8 heterocycles. The van der Waals surface area contributed by atoms with Gasteiger partial charge in [0, 0.05) is 105 Å². The molecule has 17 rings (SSSR count). The van der Waals surface area contributed by atoms with Gasteiger partial charge in [0.15, 0.2) is 28.9 Å². The first-order valence-corrected chi connectivity index (χ1v) is 49.0. The van der Waals surface area contributed by atoms with Crippen molar-refractivity contribution in [2.75, 3.05) is 0 Å². The summed E-state index contributed by atoms with van der Waals surface area (Å²) in [5.74, 6) is -1.69. The fourth-order valence-corrected chi connectivity index (χ4v) is 17.9. The highest BCUT2D eigenvalue weighted by molar-refractivity contribution is 7.13. The molecule has 34 nitrogen and oxygen atoms in total. The molecule has 732 valence electrons. The van der Waals surface area contributed by atoms with Crippen molar-refractivity contribution in [1.82, 2.24) is 127 Å². The zero-order valence-electron chi connectivity index (χ0n) is 78.7. The van der Waals surface area contributed by atoms with Gasteiger partial charge in [-0.05, 0) is 263 Å². The van der Waals surface area contributed by atoms with E-state index in [1.54, 1.807) is 115 Å². The second-order valence-electron chi connectivity index (χ2n) is 33.4. The molecule has 0 fully saturated rings. The van der Waals surface area contributed by atoms with Gasteiger partial charge in [-0.3, -0.25) is 52.8 Å². The third-order valence-electron chi connectivity index (χ3n) is 23.0. The first-order chi connectivity index (χ1) is 69.8. The number of ketones is 5. The molecule has 8 aromatic heterocycles. The normalized spacial score (nSPS) is 11.9. The molecule has 0 aliphatic carbocycles. The van der Waals surface area contributed by atoms with Crippen LogP contribution in [0.5, 0.6) is 0 Å². The number of hydrogen-bond donors (Lipinski definition) is 4. The maximum atomic E-state index is 13.6. The molecule has 17 aromatic rings. The van der Waals surface area contributed by atoms with Crippen LogP contribution in [0, 0.1) is 20.8 Å². The molecule has 9 aromatic carbocycles. The summed E-state index contributed by atoms with van der Waals surface area (Å²) in [4.78, 5) is 129. The van der Waals surface area contributed by atoms with Crippen LogP contribution in [0.25, 0.3) is 39.7 Å². The number of halogens is 4. The Balaban J connectivity index is 0.000000153. The molecule has 0 radical (unpaired) electrons. The zero-order chi connectivity index (χ0) is 101. The van der Waals surface area contributed by atoms with Gasteiger partial charge in [0.25, 0.3) is 17.7 Å². The van der Waals surface area contributed by atoms with Crippen LogP contribution in [0.4, 0.5) is 0 Å². The number of thiazole rings is 2. The van der Waals surface area contributed by atoms with E-state index in [0.29, 0.717) is 136 Å². The van der Waals surface area contributed by atoms with E-state index in [1.165, 1.54) is 65.7 Å². The van der Waals surface area contributed by atoms with Crippen LogP contribution in [-0.4, -0.2) is 182 Å². The molecule has 144 heavy (non-hydrogen) atoms. The van der Waals surface area contributed by atoms with Crippen molar-refractivity contribution in [3.8, 4) is 22.7 Å². The number of aromatic nitrogens is 21. The minimum absolute atomic E-state index is 0.0237. The van der Waals surface area contributed by atoms with Gasteiger partial charge >= 0.3 is 0 Å². The van der Waals surface area contributed by atoms with Gasteiger partial charge in [-0.1, -0.05) is 180 Å². The lowest BCUT2D eigenvalue weighted by molar-refractivity contribution is -0.125. The minimum atomic E-state index is -0.851. The average molecular weight is 2050 g/mol. The van der Waals surface area contributed by atoms with E-state index >= 15 is 0 Å². The smallest absolute Gasteiger partial charge is 0.271 e.